The van der Waals surface area contributed by atoms with Crippen molar-refractivity contribution >= 4 is 37.2 Å². The fourth-order valence-electron chi connectivity index (χ4n) is 6.80. The summed E-state index contributed by atoms with van der Waals surface area (Å²) in [7, 11) is 1.61. The Labute approximate surface area is 282 Å². The lowest BCUT2D eigenvalue weighted by Gasteiger charge is -2.42. The zero-order chi connectivity index (χ0) is 32.7. The third kappa shape index (κ3) is 7.62. The SMILES string of the molecule is CCOC(=O)CCCNC(=O)[C@@]1(c2ccccc2)CC[C@H](C(=O)N2CCC(NC(=O)c3cccn(C)c3=O)CC2)c2ccccc21.S. The van der Waals surface area contributed by atoms with Gasteiger partial charge in [0.05, 0.1) is 17.9 Å². The Hall–Kier alpha value is -4.38. The van der Waals surface area contributed by atoms with Gasteiger partial charge in [-0.05, 0) is 67.9 Å². The van der Waals surface area contributed by atoms with Crippen LogP contribution in [0.5, 0.6) is 0 Å². The first-order valence-corrected chi connectivity index (χ1v) is 16.1. The first kappa shape index (κ1) is 35.5. The van der Waals surface area contributed by atoms with Crippen molar-refractivity contribution in [3.63, 3.8) is 0 Å². The average Bonchev–Trinajstić information content (AvgIpc) is 3.08. The predicted molar refractivity (Wildman–Crippen MR) is 184 cm³/mol. The van der Waals surface area contributed by atoms with Crippen LogP contribution < -0.4 is 16.2 Å². The van der Waals surface area contributed by atoms with Gasteiger partial charge < -0.3 is 24.8 Å². The van der Waals surface area contributed by atoms with Crippen LogP contribution in [-0.4, -0.2) is 65.4 Å². The summed E-state index contributed by atoms with van der Waals surface area (Å²) in [5, 5.41) is 6.05. The lowest BCUT2D eigenvalue weighted by molar-refractivity contribution is -0.143. The summed E-state index contributed by atoms with van der Waals surface area (Å²) in [6, 6.07) is 20.5. The summed E-state index contributed by atoms with van der Waals surface area (Å²) in [6.07, 6.45) is 4.42. The smallest absolute Gasteiger partial charge is 0.305 e. The molecule has 1 aromatic heterocycles. The zero-order valence-corrected chi connectivity index (χ0v) is 28.0. The minimum Gasteiger partial charge on any atom is -0.466 e. The maximum atomic E-state index is 14.1. The molecule has 3 amide bonds. The van der Waals surface area contributed by atoms with Crippen LogP contribution in [0, 0.1) is 0 Å². The highest BCUT2D eigenvalue weighted by Gasteiger charge is 2.48. The topological polar surface area (TPSA) is 127 Å². The lowest BCUT2D eigenvalue weighted by Crippen LogP contribution is -2.51. The number of fused-ring (bicyclic) bond motifs is 1. The third-order valence-corrected chi connectivity index (χ3v) is 9.21. The molecule has 2 aromatic carbocycles. The maximum absolute atomic E-state index is 14.1. The predicted octanol–water partition coefficient (Wildman–Crippen LogP) is 3.54. The van der Waals surface area contributed by atoms with E-state index >= 15 is 0 Å². The van der Waals surface area contributed by atoms with Gasteiger partial charge in [-0.2, -0.15) is 13.5 Å². The molecule has 0 saturated carbocycles. The molecule has 1 saturated heterocycles. The first-order valence-electron chi connectivity index (χ1n) is 16.1. The van der Waals surface area contributed by atoms with Crippen LogP contribution in [0.25, 0.3) is 0 Å². The molecule has 11 heteroatoms. The van der Waals surface area contributed by atoms with E-state index in [2.05, 4.69) is 10.6 Å². The highest BCUT2D eigenvalue weighted by atomic mass is 32.1. The minimum atomic E-state index is -0.982. The Bertz CT molecular complexity index is 1640. The van der Waals surface area contributed by atoms with Crippen LogP contribution in [-0.2, 0) is 31.6 Å². The molecule has 0 unspecified atom stereocenters. The van der Waals surface area contributed by atoms with Crippen LogP contribution in [0.3, 0.4) is 0 Å². The van der Waals surface area contributed by atoms with Gasteiger partial charge in [-0.15, -0.1) is 0 Å². The summed E-state index contributed by atoms with van der Waals surface area (Å²) >= 11 is 0. The number of hydrogen-bond acceptors (Lipinski definition) is 6. The number of ether oxygens (including phenoxy) is 1. The molecule has 10 nitrogen and oxygen atoms in total. The molecule has 250 valence electrons. The molecule has 0 bridgehead atoms. The van der Waals surface area contributed by atoms with Gasteiger partial charge in [0.25, 0.3) is 11.5 Å². The molecule has 2 atom stereocenters. The largest absolute Gasteiger partial charge is 0.466 e. The van der Waals surface area contributed by atoms with Crippen molar-refractivity contribution in [3.8, 4) is 0 Å². The summed E-state index contributed by atoms with van der Waals surface area (Å²) in [5.74, 6) is -1.21. The number of aromatic nitrogens is 1. The molecule has 1 aliphatic heterocycles. The second-order valence-electron chi connectivity index (χ2n) is 12.0. The zero-order valence-electron chi connectivity index (χ0n) is 27.0. The summed E-state index contributed by atoms with van der Waals surface area (Å²) < 4.78 is 6.39. The van der Waals surface area contributed by atoms with Crippen molar-refractivity contribution in [3.05, 3.63) is 106 Å². The molecule has 47 heavy (non-hydrogen) atoms. The molecule has 2 heterocycles. The number of carbonyl (C=O) groups is 4. The molecule has 1 aliphatic carbocycles. The van der Waals surface area contributed by atoms with E-state index in [1.165, 1.54) is 10.6 Å². The number of benzene rings is 2. The Balaban J connectivity index is 0.00000500. The van der Waals surface area contributed by atoms with E-state index in [4.69, 9.17) is 4.74 Å². The number of likely N-dealkylation sites (tertiary alicyclic amines) is 1. The molecule has 0 radical (unpaired) electrons. The van der Waals surface area contributed by atoms with E-state index in [0.29, 0.717) is 58.3 Å². The van der Waals surface area contributed by atoms with Gasteiger partial charge in [-0.3, -0.25) is 24.0 Å². The third-order valence-electron chi connectivity index (χ3n) is 9.21. The van der Waals surface area contributed by atoms with Gasteiger partial charge in [0.15, 0.2) is 0 Å². The Morgan fingerprint density at radius 2 is 1.64 bits per heavy atom. The second-order valence-corrected chi connectivity index (χ2v) is 12.0. The molecule has 5 rings (SSSR count). The van der Waals surface area contributed by atoms with E-state index in [1.807, 2.05) is 59.5 Å². The Kier molecular flexibility index (Phi) is 12.0. The average molecular weight is 661 g/mol. The molecule has 2 N–H and O–H groups in total. The Morgan fingerprint density at radius 1 is 0.936 bits per heavy atom. The van der Waals surface area contributed by atoms with E-state index in [0.717, 1.165) is 16.7 Å². The summed E-state index contributed by atoms with van der Waals surface area (Å²) in [4.78, 5) is 67.0. The van der Waals surface area contributed by atoms with Crippen LogP contribution in [0.4, 0.5) is 0 Å². The van der Waals surface area contributed by atoms with Crippen molar-refractivity contribution in [2.75, 3.05) is 26.2 Å². The minimum absolute atomic E-state index is 0. The number of piperidine rings is 1. The number of esters is 1. The monoisotopic (exact) mass is 660 g/mol. The Morgan fingerprint density at radius 3 is 2.36 bits per heavy atom. The van der Waals surface area contributed by atoms with Crippen LogP contribution in [0.2, 0.25) is 0 Å². The molecule has 1 fully saturated rings. The summed E-state index contributed by atoms with van der Waals surface area (Å²) in [5.41, 5.74) is 1.30. The highest BCUT2D eigenvalue weighted by molar-refractivity contribution is 7.59. The highest BCUT2D eigenvalue weighted by Crippen LogP contribution is 2.48. The number of carbonyl (C=O) groups excluding carboxylic acids is 4. The number of hydrogen-bond donors (Lipinski definition) is 2. The van der Waals surface area contributed by atoms with Gasteiger partial charge in [0.2, 0.25) is 11.8 Å². The first-order chi connectivity index (χ1) is 22.3. The van der Waals surface area contributed by atoms with E-state index in [1.54, 1.807) is 26.2 Å². The second kappa shape index (κ2) is 15.9. The van der Waals surface area contributed by atoms with Gasteiger partial charge in [-0.25, -0.2) is 0 Å². The van der Waals surface area contributed by atoms with Crippen molar-refractivity contribution in [1.82, 2.24) is 20.1 Å². The van der Waals surface area contributed by atoms with E-state index in [-0.39, 0.29) is 54.9 Å². The fourth-order valence-corrected chi connectivity index (χ4v) is 6.80. The number of nitrogens with zero attached hydrogens (tertiary/aromatic N) is 2. The molecular weight excluding hydrogens is 616 g/mol. The van der Waals surface area contributed by atoms with Gasteiger partial charge in [0.1, 0.15) is 5.56 Å². The molecule has 0 spiro atoms. The van der Waals surface area contributed by atoms with E-state index < -0.39 is 17.2 Å². The van der Waals surface area contributed by atoms with Gasteiger partial charge >= 0.3 is 5.97 Å². The molecule has 3 aromatic rings. The van der Waals surface area contributed by atoms with Gasteiger partial charge in [0, 0.05) is 45.3 Å². The number of nitrogens with one attached hydrogen (secondary N) is 2. The van der Waals surface area contributed by atoms with Crippen molar-refractivity contribution < 1.29 is 23.9 Å². The van der Waals surface area contributed by atoms with Crippen molar-refractivity contribution in [2.45, 2.75) is 62.8 Å². The van der Waals surface area contributed by atoms with E-state index in [9.17, 15) is 24.0 Å². The molecular formula is C36H44N4O6S. The van der Waals surface area contributed by atoms with Crippen LogP contribution in [0.15, 0.2) is 77.7 Å². The standard InChI is InChI=1S/C36H42N4O6.H2S/c1-3-46-31(41)16-9-21-37-35(45)36(25-11-5-4-6-12-25)20-17-28(27-13-7-8-15-30(27)36)34(44)40-23-18-26(19-24-40)38-32(42)29-14-10-22-39(2)33(29)43;/h4-8,10-15,22,26,28H,3,9,16-21,23-24H2,1-2H3,(H,37,45)(H,38,42);1H2/t28-,36+;/m0./s1. The quantitative estimate of drug-likeness (QED) is 0.253. The van der Waals surface area contributed by atoms with Gasteiger partial charge in [-0.1, -0.05) is 54.6 Å². The number of rotatable bonds is 10. The summed E-state index contributed by atoms with van der Waals surface area (Å²) in [6.45, 7) is 3.40. The fraction of sp³-hybridized carbons (Fsp3) is 0.417. The van der Waals surface area contributed by atoms with Crippen LogP contribution >= 0.6 is 13.5 Å². The molecule has 2 aliphatic rings. The number of amides is 3. The normalized spacial score (nSPS) is 19.1. The van der Waals surface area contributed by atoms with Crippen molar-refractivity contribution in [1.29, 1.82) is 0 Å². The number of pyridine rings is 1. The van der Waals surface area contributed by atoms with Crippen LogP contribution in [0.1, 0.15) is 78.4 Å². The number of aryl methyl sites for hydroxylation is 1. The van der Waals surface area contributed by atoms with Crippen molar-refractivity contribution in [2.24, 2.45) is 7.05 Å². The maximum Gasteiger partial charge on any atom is 0.305 e. The lowest BCUT2D eigenvalue weighted by atomic mass is 9.62.